The quantitative estimate of drug-likeness (QED) is 0.303. The summed E-state index contributed by atoms with van der Waals surface area (Å²) in [5.74, 6) is 0.423. The highest BCUT2D eigenvalue weighted by Crippen LogP contribution is 2.31. The highest BCUT2D eigenvalue weighted by molar-refractivity contribution is 5.84. The molecule has 3 rings (SSSR count). The molecule has 1 aliphatic heterocycles. The van der Waals surface area contributed by atoms with E-state index in [1.807, 2.05) is 49.1 Å². The number of rotatable bonds is 9. The van der Waals surface area contributed by atoms with E-state index < -0.39 is 5.83 Å². The summed E-state index contributed by atoms with van der Waals surface area (Å²) in [6.07, 6.45) is 4.47. The number of amides is 2. The molecule has 7 heteroatoms. The lowest BCUT2D eigenvalue weighted by Crippen LogP contribution is -2.38. The van der Waals surface area contributed by atoms with E-state index in [-0.39, 0.29) is 23.8 Å². The van der Waals surface area contributed by atoms with Gasteiger partial charge in [-0.2, -0.15) is 0 Å². The van der Waals surface area contributed by atoms with Crippen molar-refractivity contribution >= 4 is 17.9 Å². The maximum Gasteiger partial charge on any atom is 0.233 e. The summed E-state index contributed by atoms with van der Waals surface area (Å²) in [5, 5.41) is 6.57. The Morgan fingerprint density at radius 1 is 1.27 bits per heavy atom. The molecule has 0 radical (unpaired) electrons. The van der Waals surface area contributed by atoms with Crippen molar-refractivity contribution in [3.63, 3.8) is 0 Å². The summed E-state index contributed by atoms with van der Waals surface area (Å²) in [7, 11) is 0. The second kappa shape index (κ2) is 13.7. The van der Waals surface area contributed by atoms with Gasteiger partial charge in [0.25, 0.3) is 0 Å². The van der Waals surface area contributed by atoms with Gasteiger partial charge in [-0.15, -0.1) is 0 Å². The van der Waals surface area contributed by atoms with Crippen LogP contribution in [-0.2, 0) is 9.59 Å². The van der Waals surface area contributed by atoms with E-state index in [1.54, 1.807) is 13.0 Å². The summed E-state index contributed by atoms with van der Waals surface area (Å²) in [4.78, 5) is 25.0. The van der Waals surface area contributed by atoms with Gasteiger partial charge in [0.1, 0.15) is 17.5 Å². The van der Waals surface area contributed by atoms with Crippen molar-refractivity contribution in [2.24, 2.45) is 5.92 Å². The Balaban J connectivity index is 0.000000260. The Morgan fingerprint density at radius 3 is 2.35 bits per heavy atom. The SMILES string of the molecule is C=C/C(C)=C(\C(=C)F)c1ccc(C(C)NC=O)cc1.Cc1cc(C(C(=O)N2CCCC2C)C(C)C)on1. The van der Waals surface area contributed by atoms with Gasteiger partial charge in [-0.3, -0.25) is 9.59 Å². The summed E-state index contributed by atoms with van der Waals surface area (Å²) < 4.78 is 18.8. The van der Waals surface area contributed by atoms with Gasteiger partial charge in [0.2, 0.25) is 12.3 Å². The maximum absolute atomic E-state index is 13.5. The summed E-state index contributed by atoms with van der Waals surface area (Å²) in [5.41, 5.74) is 3.72. The number of nitrogens with one attached hydrogen (secondary N) is 1. The first-order valence-corrected chi connectivity index (χ1v) is 12.7. The molecule has 1 saturated heterocycles. The van der Waals surface area contributed by atoms with Gasteiger partial charge >= 0.3 is 0 Å². The van der Waals surface area contributed by atoms with E-state index in [0.29, 0.717) is 23.8 Å². The van der Waals surface area contributed by atoms with Crippen LogP contribution in [0.25, 0.3) is 5.57 Å². The Morgan fingerprint density at radius 2 is 1.92 bits per heavy atom. The molecule has 3 unspecified atom stereocenters. The predicted molar refractivity (Wildman–Crippen MR) is 146 cm³/mol. The molecular formula is C30H40FN3O3. The minimum atomic E-state index is -0.482. The zero-order valence-electron chi connectivity index (χ0n) is 22.9. The summed E-state index contributed by atoms with van der Waals surface area (Å²) >= 11 is 0. The number of hydrogen-bond acceptors (Lipinski definition) is 4. The number of allylic oxidation sites excluding steroid dienone is 4. The molecule has 2 aromatic rings. The number of nitrogens with zero attached hydrogens (tertiary/aromatic N) is 2. The van der Waals surface area contributed by atoms with Crippen molar-refractivity contribution in [1.29, 1.82) is 0 Å². The number of benzene rings is 1. The molecule has 200 valence electrons. The second-order valence-electron chi connectivity index (χ2n) is 9.91. The van der Waals surface area contributed by atoms with E-state index >= 15 is 0 Å². The third-order valence-corrected chi connectivity index (χ3v) is 6.71. The topological polar surface area (TPSA) is 75.4 Å². The third kappa shape index (κ3) is 7.75. The first-order valence-electron chi connectivity index (χ1n) is 12.7. The van der Waals surface area contributed by atoms with Crippen LogP contribution in [0.3, 0.4) is 0 Å². The van der Waals surface area contributed by atoms with Crippen LogP contribution in [0.4, 0.5) is 4.39 Å². The van der Waals surface area contributed by atoms with Crippen LogP contribution in [0.5, 0.6) is 0 Å². The number of aromatic nitrogens is 1. The van der Waals surface area contributed by atoms with E-state index in [0.717, 1.165) is 41.8 Å². The molecule has 3 atom stereocenters. The molecule has 6 nitrogen and oxygen atoms in total. The molecule has 0 aliphatic carbocycles. The number of likely N-dealkylation sites (tertiary alicyclic amines) is 1. The zero-order chi connectivity index (χ0) is 27.7. The highest BCUT2D eigenvalue weighted by atomic mass is 19.1. The predicted octanol–water partition coefficient (Wildman–Crippen LogP) is 6.67. The molecule has 37 heavy (non-hydrogen) atoms. The van der Waals surface area contributed by atoms with Gasteiger partial charge in [0, 0.05) is 24.2 Å². The molecule has 0 spiro atoms. The Hall–Kier alpha value is -3.48. The van der Waals surface area contributed by atoms with Gasteiger partial charge < -0.3 is 14.7 Å². The van der Waals surface area contributed by atoms with E-state index in [2.05, 4.69) is 44.4 Å². The van der Waals surface area contributed by atoms with Crippen molar-refractivity contribution in [3.05, 3.63) is 83.5 Å². The fourth-order valence-corrected chi connectivity index (χ4v) is 4.54. The van der Waals surface area contributed by atoms with Gasteiger partial charge in [0.15, 0.2) is 0 Å². The maximum atomic E-state index is 13.5. The average molecular weight is 510 g/mol. The van der Waals surface area contributed by atoms with E-state index in [9.17, 15) is 14.0 Å². The largest absolute Gasteiger partial charge is 0.360 e. The van der Waals surface area contributed by atoms with Crippen molar-refractivity contribution in [2.45, 2.75) is 72.4 Å². The molecule has 1 fully saturated rings. The number of carbonyl (C=O) groups is 2. The minimum Gasteiger partial charge on any atom is -0.360 e. The van der Waals surface area contributed by atoms with Crippen LogP contribution in [0.15, 0.2) is 65.5 Å². The first kappa shape index (κ1) is 29.7. The third-order valence-electron chi connectivity index (χ3n) is 6.71. The number of aryl methyl sites for hydroxylation is 1. The van der Waals surface area contributed by atoms with Gasteiger partial charge in [-0.05, 0) is 63.2 Å². The Labute approximate surface area is 220 Å². The van der Waals surface area contributed by atoms with Crippen molar-refractivity contribution in [1.82, 2.24) is 15.4 Å². The average Bonchev–Trinajstić information content (AvgIpc) is 3.47. The zero-order valence-corrected chi connectivity index (χ0v) is 22.9. The molecule has 0 bridgehead atoms. The lowest BCUT2D eigenvalue weighted by atomic mass is 9.91. The van der Waals surface area contributed by atoms with Crippen LogP contribution < -0.4 is 5.32 Å². The first-order chi connectivity index (χ1) is 17.5. The summed E-state index contributed by atoms with van der Waals surface area (Å²) in [6, 6.07) is 9.49. The molecule has 2 heterocycles. The van der Waals surface area contributed by atoms with Crippen LogP contribution in [0, 0.1) is 12.8 Å². The monoisotopic (exact) mass is 509 g/mol. The number of carbonyl (C=O) groups excluding carboxylic acids is 2. The molecule has 1 aromatic carbocycles. The van der Waals surface area contributed by atoms with Gasteiger partial charge in [-0.1, -0.05) is 62.5 Å². The molecular weight excluding hydrogens is 469 g/mol. The van der Waals surface area contributed by atoms with Crippen LogP contribution >= 0.6 is 0 Å². The highest BCUT2D eigenvalue weighted by Gasteiger charge is 2.35. The number of halogens is 1. The smallest absolute Gasteiger partial charge is 0.233 e. The van der Waals surface area contributed by atoms with Crippen LogP contribution in [-0.4, -0.2) is 35.0 Å². The van der Waals surface area contributed by atoms with Crippen molar-refractivity contribution in [3.8, 4) is 0 Å². The fraction of sp³-hybridized carbons (Fsp3) is 0.433. The van der Waals surface area contributed by atoms with Crippen LogP contribution in [0.2, 0.25) is 0 Å². The van der Waals surface area contributed by atoms with E-state index in [4.69, 9.17) is 4.52 Å². The summed E-state index contributed by atoms with van der Waals surface area (Å²) in [6.45, 7) is 19.7. The standard InChI is InChI=1S/C16H18FNO.C14H22N2O2/c1-5-11(2)16(12(3)17)15-8-6-14(7-9-15)13(4)18-10-19;1-9(2)13(12-8-10(3)15-18-12)14(17)16-7-5-6-11(16)4/h5-10,13H,1,3H2,2,4H3,(H,18,19);8-9,11,13H,5-7H2,1-4H3/b16-11+;. The molecule has 2 amide bonds. The van der Waals surface area contributed by atoms with Gasteiger partial charge in [-0.25, -0.2) is 4.39 Å². The number of hydrogen-bond donors (Lipinski definition) is 1. The lowest BCUT2D eigenvalue weighted by molar-refractivity contribution is -0.134. The van der Waals surface area contributed by atoms with Gasteiger partial charge in [0.05, 0.1) is 11.7 Å². The molecule has 1 N–H and O–H groups in total. The lowest BCUT2D eigenvalue weighted by Gasteiger charge is -2.27. The van der Waals surface area contributed by atoms with E-state index in [1.165, 1.54) is 0 Å². The Kier molecular flexibility index (Phi) is 11.0. The second-order valence-corrected chi connectivity index (χ2v) is 9.91. The normalized spacial score (nSPS) is 17.3. The van der Waals surface area contributed by atoms with Crippen molar-refractivity contribution < 1.29 is 18.5 Å². The molecule has 1 aromatic heterocycles. The molecule has 1 aliphatic rings. The molecule has 0 saturated carbocycles. The van der Waals surface area contributed by atoms with Crippen LogP contribution in [0.1, 0.15) is 82.0 Å². The minimum absolute atomic E-state index is 0.0759. The Bertz CT molecular complexity index is 1120. The van der Waals surface area contributed by atoms with Crippen molar-refractivity contribution in [2.75, 3.05) is 6.54 Å². The fourth-order valence-electron chi connectivity index (χ4n) is 4.54.